The van der Waals surface area contributed by atoms with Gasteiger partial charge in [-0.3, -0.25) is 14.6 Å². The fourth-order valence-electron chi connectivity index (χ4n) is 4.53. The van der Waals surface area contributed by atoms with E-state index in [1.165, 1.54) is 18.7 Å². The molecular weight excluding hydrogens is 478 g/mol. The van der Waals surface area contributed by atoms with E-state index in [1.54, 1.807) is 24.5 Å². The lowest BCUT2D eigenvalue weighted by Gasteiger charge is -2.30. The first-order valence-corrected chi connectivity index (χ1v) is 12.4. The average molecular weight is 508 g/mol. The van der Waals surface area contributed by atoms with Crippen LogP contribution in [0.25, 0.3) is 0 Å². The Kier molecular flexibility index (Phi) is 7.54. The van der Waals surface area contributed by atoms with Crippen molar-refractivity contribution >= 4 is 23.5 Å². The standard InChI is InChI=1S/C25H29N7O5/c33-17-4-2-16(3-5-17)29-22(34)19-14-26-11-6-20(19)30-23(35)21-15-36-25(31-21)32-12-7-18(8-13-32)37-24-27-9-1-10-28-24/h1,6,9-11,14-18,33H,2-5,7-8,12-13H2,(H,29,34)(H,26,30,35). The first kappa shape index (κ1) is 24.6. The molecule has 0 radical (unpaired) electrons. The Balaban J connectivity index is 1.16. The monoisotopic (exact) mass is 507 g/mol. The smallest absolute Gasteiger partial charge is 0.316 e. The minimum Gasteiger partial charge on any atom is -0.460 e. The number of rotatable bonds is 7. The number of oxazole rings is 1. The molecule has 2 fully saturated rings. The van der Waals surface area contributed by atoms with Gasteiger partial charge in [0.15, 0.2) is 5.69 Å². The summed E-state index contributed by atoms with van der Waals surface area (Å²) in [5.74, 6) is -0.813. The Hall–Kier alpha value is -4.06. The summed E-state index contributed by atoms with van der Waals surface area (Å²) >= 11 is 0. The summed E-state index contributed by atoms with van der Waals surface area (Å²) in [4.78, 5) is 44.3. The molecule has 2 aliphatic rings. The summed E-state index contributed by atoms with van der Waals surface area (Å²) in [6.45, 7) is 1.29. The summed E-state index contributed by atoms with van der Waals surface area (Å²) < 4.78 is 11.4. The first-order chi connectivity index (χ1) is 18.0. The minimum atomic E-state index is -0.490. The van der Waals surface area contributed by atoms with E-state index in [0.717, 1.165) is 12.8 Å². The van der Waals surface area contributed by atoms with Gasteiger partial charge in [0, 0.05) is 56.8 Å². The van der Waals surface area contributed by atoms with E-state index in [9.17, 15) is 14.7 Å². The van der Waals surface area contributed by atoms with Crippen LogP contribution in [-0.2, 0) is 0 Å². The molecule has 3 aromatic heterocycles. The lowest BCUT2D eigenvalue weighted by Crippen LogP contribution is -2.39. The predicted molar refractivity (Wildman–Crippen MR) is 132 cm³/mol. The normalized spacial score (nSPS) is 20.3. The van der Waals surface area contributed by atoms with Gasteiger partial charge in [-0.15, -0.1) is 0 Å². The number of hydrogen-bond donors (Lipinski definition) is 3. The van der Waals surface area contributed by atoms with E-state index < -0.39 is 5.91 Å². The zero-order valence-electron chi connectivity index (χ0n) is 20.2. The van der Waals surface area contributed by atoms with E-state index in [4.69, 9.17) is 9.15 Å². The summed E-state index contributed by atoms with van der Waals surface area (Å²) in [7, 11) is 0. The van der Waals surface area contributed by atoms with E-state index in [0.29, 0.717) is 56.5 Å². The van der Waals surface area contributed by atoms with Gasteiger partial charge in [-0.25, -0.2) is 9.97 Å². The van der Waals surface area contributed by atoms with Gasteiger partial charge in [0.1, 0.15) is 12.4 Å². The van der Waals surface area contributed by atoms with Gasteiger partial charge >= 0.3 is 6.01 Å². The third-order valence-electron chi connectivity index (χ3n) is 6.60. The lowest BCUT2D eigenvalue weighted by atomic mass is 9.93. The van der Waals surface area contributed by atoms with Crippen LogP contribution in [0.5, 0.6) is 6.01 Å². The second kappa shape index (κ2) is 11.3. The Labute approximate surface area is 213 Å². The molecule has 2 amide bonds. The number of ether oxygens (including phenoxy) is 1. The maximum atomic E-state index is 12.9. The summed E-state index contributed by atoms with van der Waals surface area (Å²) in [6, 6.07) is 4.00. The van der Waals surface area contributed by atoms with Crippen LogP contribution in [0.15, 0.2) is 47.6 Å². The fraction of sp³-hybridized carbons (Fsp3) is 0.440. The van der Waals surface area contributed by atoms with Crippen LogP contribution in [0.3, 0.4) is 0 Å². The van der Waals surface area contributed by atoms with Gasteiger partial charge in [-0.05, 0) is 37.8 Å². The predicted octanol–water partition coefficient (Wildman–Crippen LogP) is 2.19. The second-order valence-electron chi connectivity index (χ2n) is 9.21. The summed E-state index contributed by atoms with van der Waals surface area (Å²) in [6.07, 6.45) is 11.4. The van der Waals surface area contributed by atoms with Gasteiger partial charge in [0.2, 0.25) is 0 Å². The molecular formula is C25H29N7O5. The van der Waals surface area contributed by atoms with E-state index in [2.05, 4.69) is 30.6 Å². The molecule has 3 N–H and O–H groups in total. The molecule has 4 heterocycles. The highest BCUT2D eigenvalue weighted by Gasteiger charge is 2.26. The number of piperidine rings is 1. The number of aliphatic hydroxyl groups is 1. The van der Waals surface area contributed by atoms with Crippen molar-refractivity contribution in [1.29, 1.82) is 0 Å². The fourth-order valence-corrected chi connectivity index (χ4v) is 4.53. The highest BCUT2D eigenvalue weighted by Crippen LogP contribution is 2.23. The van der Waals surface area contributed by atoms with Crippen molar-refractivity contribution in [3.63, 3.8) is 0 Å². The average Bonchev–Trinajstić information content (AvgIpc) is 3.42. The van der Waals surface area contributed by atoms with Crippen molar-refractivity contribution in [2.45, 2.75) is 56.8 Å². The van der Waals surface area contributed by atoms with Crippen molar-refractivity contribution in [2.24, 2.45) is 0 Å². The van der Waals surface area contributed by atoms with Gasteiger partial charge in [0.05, 0.1) is 17.4 Å². The molecule has 194 valence electrons. The van der Waals surface area contributed by atoms with E-state index in [1.807, 2.05) is 4.90 Å². The van der Waals surface area contributed by atoms with Gasteiger partial charge in [-0.1, -0.05) is 0 Å². The molecule has 0 spiro atoms. The molecule has 5 rings (SSSR count). The number of pyridine rings is 1. The molecule has 12 heteroatoms. The molecule has 1 saturated carbocycles. The number of amides is 2. The molecule has 37 heavy (non-hydrogen) atoms. The van der Waals surface area contributed by atoms with Crippen molar-refractivity contribution in [3.8, 4) is 6.01 Å². The maximum absolute atomic E-state index is 12.9. The van der Waals surface area contributed by atoms with Gasteiger partial charge in [-0.2, -0.15) is 4.98 Å². The molecule has 1 saturated heterocycles. The number of carbonyl (C=O) groups is 2. The zero-order valence-corrected chi connectivity index (χ0v) is 20.2. The Morgan fingerprint density at radius 1 is 1.03 bits per heavy atom. The van der Waals surface area contributed by atoms with Crippen LogP contribution in [0.2, 0.25) is 0 Å². The van der Waals surface area contributed by atoms with Gasteiger partial charge in [0.25, 0.3) is 17.8 Å². The lowest BCUT2D eigenvalue weighted by molar-refractivity contribution is 0.0868. The maximum Gasteiger partial charge on any atom is 0.316 e. The molecule has 0 aromatic carbocycles. The molecule has 0 bridgehead atoms. The number of anilines is 2. The molecule has 1 aliphatic heterocycles. The highest BCUT2D eigenvalue weighted by molar-refractivity contribution is 6.08. The first-order valence-electron chi connectivity index (χ1n) is 12.4. The number of carbonyl (C=O) groups excluding carboxylic acids is 2. The molecule has 1 aliphatic carbocycles. The summed E-state index contributed by atoms with van der Waals surface area (Å²) in [5, 5.41) is 15.4. The van der Waals surface area contributed by atoms with Crippen LogP contribution < -0.4 is 20.3 Å². The quantitative estimate of drug-likeness (QED) is 0.433. The Bertz CT molecular complexity index is 1200. The molecule has 3 aromatic rings. The number of aromatic nitrogens is 4. The topological polar surface area (TPSA) is 156 Å². The third-order valence-corrected chi connectivity index (χ3v) is 6.60. The number of hydrogen-bond acceptors (Lipinski definition) is 10. The second-order valence-corrected chi connectivity index (χ2v) is 9.21. The third kappa shape index (κ3) is 6.20. The number of aliphatic hydroxyl groups excluding tert-OH is 1. The zero-order chi connectivity index (χ0) is 25.6. The highest BCUT2D eigenvalue weighted by atomic mass is 16.5. The van der Waals surface area contributed by atoms with Crippen LogP contribution >= 0.6 is 0 Å². The van der Waals surface area contributed by atoms with Crippen molar-refractivity contribution in [2.75, 3.05) is 23.3 Å². The van der Waals surface area contributed by atoms with Crippen molar-refractivity contribution in [1.82, 2.24) is 25.3 Å². The molecule has 12 nitrogen and oxygen atoms in total. The minimum absolute atomic E-state index is 0.00804. The van der Waals surface area contributed by atoms with E-state index in [-0.39, 0.29) is 35.4 Å². The van der Waals surface area contributed by atoms with Crippen molar-refractivity contribution in [3.05, 3.63) is 54.4 Å². The summed E-state index contributed by atoms with van der Waals surface area (Å²) in [5.41, 5.74) is 0.699. The van der Waals surface area contributed by atoms with Crippen LogP contribution in [0.4, 0.5) is 11.7 Å². The molecule has 0 unspecified atom stereocenters. The Morgan fingerprint density at radius 2 is 1.78 bits per heavy atom. The van der Waals surface area contributed by atoms with Crippen LogP contribution in [0, 0.1) is 0 Å². The largest absolute Gasteiger partial charge is 0.460 e. The Morgan fingerprint density at radius 3 is 2.54 bits per heavy atom. The number of nitrogens with zero attached hydrogens (tertiary/aromatic N) is 5. The molecule has 0 atom stereocenters. The van der Waals surface area contributed by atoms with Crippen LogP contribution in [-0.4, -0.2) is 68.2 Å². The van der Waals surface area contributed by atoms with E-state index >= 15 is 0 Å². The van der Waals surface area contributed by atoms with Crippen molar-refractivity contribution < 1.29 is 23.8 Å². The SMILES string of the molecule is O=C(Nc1ccncc1C(=O)NC1CCC(O)CC1)c1coc(N2CCC(Oc3ncccn3)CC2)n1. The number of nitrogens with one attached hydrogen (secondary N) is 2. The van der Waals surface area contributed by atoms with Gasteiger partial charge < -0.3 is 29.8 Å². The van der Waals surface area contributed by atoms with Crippen LogP contribution in [0.1, 0.15) is 59.4 Å².